The van der Waals surface area contributed by atoms with Crippen molar-refractivity contribution in [1.82, 2.24) is 15.1 Å². The van der Waals surface area contributed by atoms with E-state index in [1.54, 1.807) is 0 Å². The molecule has 5 heteroatoms. The fourth-order valence-corrected chi connectivity index (χ4v) is 3.15. The van der Waals surface area contributed by atoms with Gasteiger partial charge in [-0.15, -0.1) is 0 Å². The third kappa shape index (κ3) is 5.24. The Morgan fingerprint density at radius 1 is 1.19 bits per heavy atom. The summed E-state index contributed by atoms with van der Waals surface area (Å²) in [5.74, 6) is -0.206. The molecule has 0 aromatic carbocycles. The van der Waals surface area contributed by atoms with Crippen LogP contribution in [0, 0.1) is 0 Å². The molecule has 122 valence electrons. The Hall–Kier alpha value is -0.650. The smallest absolute Gasteiger partial charge is 0.237 e. The molecule has 21 heavy (non-hydrogen) atoms. The van der Waals surface area contributed by atoms with E-state index >= 15 is 0 Å². The molecule has 1 aliphatic heterocycles. The number of carbonyl (C=O) groups excluding carboxylic acids is 1. The molecule has 0 aromatic rings. The first-order chi connectivity index (χ1) is 10.0. The summed E-state index contributed by atoms with van der Waals surface area (Å²) in [6.07, 6.45) is 5.48. The van der Waals surface area contributed by atoms with E-state index in [1.807, 2.05) is 6.92 Å². The number of primary amides is 1. The van der Waals surface area contributed by atoms with Gasteiger partial charge in [-0.1, -0.05) is 6.92 Å². The molecule has 1 amide bonds. The first-order valence-electron chi connectivity index (χ1n) is 8.56. The molecule has 0 radical (unpaired) electrons. The van der Waals surface area contributed by atoms with Gasteiger partial charge in [-0.2, -0.15) is 0 Å². The summed E-state index contributed by atoms with van der Waals surface area (Å²) in [4.78, 5) is 16.8. The van der Waals surface area contributed by atoms with E-state index in [-0.39, 0.29) is 5.91 Å². The number of hydrogen-bond donors (Lipinski definition) is 2. The van der Waals surface area contributed by atoms with Gasteiger partial charge in [0.05, 0.1) is 5.54 Å². The first-order valence-corrected chi connectivity index (χ1v) is 8.56. The minimum absolute atomic E-state index is 0.206. The SMILES string of the molecule is CCCN1CCN(CCCC(C)(NC2CC2)C(N)=O)CC1. The number of nitrogens with zero attached hydrogens (tertiary/aromatic N) is 2. The Morgan fingerprint density at radius 2 is 1.76 bits per heavy atom. The third-order valence-corrected chi connectivity index (χ3v) is 4.80. The molecular weight excluding hydrogens is 264 g/mol. The molecule has 1 heterocycles. The van der Waals surface area contributed by atoms with Gasteiger partial charge in [0.15, 0.2) is 0 Å². The molecule has 0 bridgehead atoms. The number of piperazine rings is 1. The van der Waals surface area contributed by atoms with Crippen LogP contribution in [0.15, 0.2) is 0 Å². The normalized spacial score (nSPS) is 23.9. The summed E-state index contributed by atoms with van der Waals surface area (Å²) in [7, 11) is 0. The Kier molecular flexibility index (Phi) is 6.02. The van der Waals surface area contributed by atoms with Crippen LogP contribution in [0.2, 0.25) is 0 Å². The standard InChI is InChI=1S/C16H32N4O/c1-3-8-19-10-12-20(13-11-19)9-4-7-16(2,15(17)21)18-14-5-6-14/h14,18H,3-13H2,1-2H3,(H2,17,21). The number of nitrogens with one attached hydrogen (secondary N) is 1. The summed E-state index contributed by atoms with van der Waals surface area (Å²) in [5, 5.41) is 3.43. The molecule has 2 aliphatic rings. The Morgan fingerprint density at radius 3 is 2.24 bits per heavy atom. The van der Waals surface area contributed by atoms with Crippen LogP contribution in [0.5, 0.6) is 0 Å². The van der Waals surface area contributed by atoms with Crippen LogP contribution in [0.1, 0.15) is 46.0 Å². The maximum absolute atomic E-state index is 11.7. The average molecular weight is 296 g/mol. The van der Waals surface area contributed by atoms with Crippen molar-refractivity contribution in [2.45, 2.75) is 57.5 Å². The zero-order chi connectivity index (χ0) is 15.3. The van der Waals surface area contributed by atoms with Crippen molar-refractivity contribution < 1.29 is 4.79 Å². The van der Waals surface area contributed by atoms with Gasteiger partial charge < -0.3 is 20.9 Å². The summed E-state index contributed by atoms with van der Waals surface area (Å²) in [6.45, 7) is 11.2. The second-order valence-electron chi connectivity index (χ2n) is 6.90. The van der Waals surface area contributed by atoms with Crippen molar-refractivity contribution in [3.8, 4) is 0 Å². The molecule has 3 N–H and O–H groups in total. The Bertz CT molecular complexity index is 337. The van der Waals surface area contributed by atoms with Gasteiger partial charge in [0.2, 0.25) is 5.91 Å². The maximum atomic E-state index is 11.7. The predicted molar refractivity (Wildman–Crippen MR) is 86.2 cm³/mol. The highest BCUT2D eigenvalue weighted by atomic mass is 16.1. The maximum Gasteiger partial charge on any atom is 0.237 e. The van der Waals surface area contributed by atoms with Crippen LogP contribution >= 0.6 is 0 Å². The van der Waals surface area contributed by atoms with Crippen LogP contribution in [-0.2, 0) is 4.79 Å². The largest absolute Gasteiger partial charge is 0.368 e. The molecule has 1 saturated heterocycles. The van der Waals surface area contributed by atoms with Gasteiger partial charge in [0.25, 0.3) is 0 Å². The lowest BCUT2D eigenvalue weighted by Crippen LogP contribution is -2.54. The van der Waals surface area contributed by atoms with Gasteiger partial charge in [-0.3, -0.25) is 4.79 Å². The molecule has 2 rings (SSSR count). The van der Waals surface area contributed by atoms with E-state index in [0.717, 1.165) is 32.5 Å². The fraction of sp³-hybridized carbons (Fsp3) is 0.938. The van der Waals surface area contributed by atoms with E-state index in [4.69, 9.17) is 5.73 Å². The van der Waals surface area contributed by atoms with Crippen molar-refractivity contribution >= 4 is 5.91 Å². The molecule has 1 atom stereocenters. The molecule has 2 fully saturated rings. The highest BCUT2D eigenvalue weighted by Crippen LogP contribution is 2.24. The Balaban J connectivity index is 1.67. The van der Waals surface area contributed by atoms with Crippen LogP contribution in [0.25, 0.3) is 0 Å². The number of nitrogens with two attached hydrogens (primary N) is 1. The molecule has 0 aromatic heterocycles. The topological polar surface area (TPSA) is 61.6 Å². The monoisotopic (exact) mass is 296 g/mol. The quantitative estimate of drug-likeness (QED) is 0.660. The first kappa shape index (κ1) is 16.7. The molecule has 1 unspecified atom stereocenters. The average Bonchev–Trinajstić information content (AvgIpc) is 3.25. The van der Waals surface area contributed by atoms with Crippen molar-refractivity contribution in [3.05, 3.63) is 0 Å². The lowest BCUT2D eigenvalue weighted by Gasteiger charge is -2.35. The molecule has 1 saturated carbocycles. The van der Waals surface area contributed by atoms with E-state index < -0.39 is 5.54 Å². The second-order valence-corrected chi connectivity index (χ2v) is 6.90. The number of hydrogen-bond acceptors (Lipinski definition) is 4. The summed E-state index contributed by atoms with van der Waals surface area (Å²) < 4.78 is 0. The number of rotatable bonds is 9. The van der Waals surface area contributed by atoms with Crippen molar-refractivity contribution in [1.29, 1.82) is 0 Å². The van der Waals surface area contributed by atoms with Gasteiger partial charge in [-0.25, -0.2) is 0 Å². The molecule has 1 aliphatic carbocycles. The highest BCUT2D eigenvalue weighted by molar-refractivity contribution is 5.84. The zero-order valence-electron chi connectivity index (χ0n) is 13.7. The van der Waals surface area contributed by atoms with Gasteiger partial charge in [0, 0.05) is 32.2 Å². The van der Waals surface area contributed by atoms with Crippen LogP contribution < -0.4 is 11.1 Å². The molecule has 0 spiro atoms. The van der Waals surface area contributed by atoms with Crippen LogP contribution in [0.3, 0.4) is 0 Å². The van der Waals surface area contributed by atoms with Gasteiger partial charge in [0.1, 0.15) is 0 Å². The lowest BCUT2D eigenvalue weighted by atomic mass is 9.94. The van der Waals surface area contributed by atoms with Gasteiger partial charge >= 0.3 is 0 Å². The van der Waals surface area contributed by atoms with E-state index in [9.17, 15) is 4.79 Å². The molecular formula is C16H32N4O. The lowest BCUT2D eigenvalue weighted by molar-refractivity contribution is -0.124. The van der Waals surface area contributed by atoms with Crippen molar-refractivity contribution in [3.63, 3.8) is 0 Å². The highest BCUT2D eigenvalue weighted by Gasteiger charge is 2.36. The minimum Gasteiger partial charge on any atom is -0.368 e. The third-order valence-electron chi connectivity index (χ3n) is 4.80. The number of carbonyl (C=O) groups is 1. The summed E-state index contributed by atoms with van der Waals surface area (Å²) >= 11 is 0. The van der Waals surface area contributed by atoms with Gasteiger partial charge in [-0.05, 0) is 52.1 Å². The van der Waals surface area contributed by atoms with Crippen molar-refractivity contribution in [2.24, 2.45) is 5.73 Å². The van der Waals surface area contributed by atoms with Crippen LogP contribution in [-0.4, -0.2) is 66.6 Å². The van der Waals surface area contributed by atoms with E-state index in [1.165, 1.54) is 38.9 Å². The summed E-state index contributed by atoms with van der Waals surface area (Å²) in [6, 6.07) is 0.514. The fourth-order valence-electron chi connectivity index (χ4n) is 3.15. The summed E-state index contributed by atoms with van der Waals surface area (Å²) in [5.41, 5.74) is 5.07. The zero-order valence-corrected chi connectivity index (χ0v) is 13.7. The van der Waals surface area contributed by atoms with E-state index in [0.29, 0.717) is 6.04 Å². The predicted octanol–water partition coefficient (Wildman–Crippen LogP) is 0.790. The minimum atomic E-state index is -0.523. The second kappa shape index (κ2) is 7.56. The number of amides is 1. The Labute approximate surface area is 129 Å². The van der Waals surface area contributed by atoms with Crippen molar-refractivity contribution in [2.75, 3.05) is 39.3 Å². The van der Waals surface area contributed by atoms with Crippen LogP contribution in [0.4, 0.5) is 0 Å². The molecule has 5 nitrogen and oxygen atoms in total. The van der Waals surface area contributed by atoms with E-state index in [2.05, 4.69) is 22.0 Å².